The van der Waals surface area contributed by atoms with Crippen molar-refractivity contribution in [1.29, 1.82) is 0 Å². The van der Waals surface area contributed by atoms with Crippen LogP contribution in [-0.4, -0.2) is 36.0 Å². The van der Waals surface area contributed by atoms with Gasteiger partial charge in [-0.15, -0.1) is 11.3 Å². The summed E-state index contributed by atoms with van der Waals surface area (Å²) in [6.45, 7) is 0. The number of carboxylic acids is 1. The van der Waals surface area contributed by atoms with Gasteiger partial charge in [0.25, 0.3) is 5.91 Å². The van der Waals surface area contributed by atoms with Crippen molar-refractivity contribution in [3.8, 4) is 0 Å². The Morgan fingerprint density at radius 1 is 1.46 bits per heavy atom. The summed E-state index contributed by atoms with van der Waals surface area (Å²) >= 11 is 1.06. The summed E-state index contributed by atoms with van der Waals surface area (Å²) in [6.07, 6.45) is 0. The molecular weight excluding hydrogens is 190 g/mol. The van der Waals surface area contributed by atoms with E-state index < -0.39 is 5.97 Å². The van der Waals surface area contributed by atoms with Crippen molar-refractivity contribution in [3.05, 3.63) is 21.9 Å². The van der Waals surface area contributed by atoms with E-state index >= 15 is 0 Å². The Labute approximate surface area is 79.4 Å². The average molecular weight is 199 g/mol. The van der Waals surface area contributed by atoms with E-state index in [2.05, 4.69) is 0 Å². The van der Waals surface area contributed by atoms with Gasteiger partial charge in [0.1, 0.15) is 4.88 Å². The Bertz CT molecular complexity index is 343. The zero-order valence-electron chi connectivity index (χ0n) is 7.27. The van der Waals surface area contributed by atoms with Crippen LogP contribution in [0.1, 0.15) is 20.0 Å². The van der Waals surface area contributed by atoms with E-state index in [0.29, 0.717) is 5.56 Å². The molecule has 5 heteroatoms. The monoisotopic (exact) mass is 199 g/mol. The summed E-state index contributed by atoms with van der Waals surface area (Å²) in [6, 6.07) is 1.38. The standard InChI is InChI=1S/C8H9NO3S/c1-9(2)7(10)5-3-6(8(11)12)13-4-5/h3-4H,1-2H3,(H,11,12). The number of rotatable bonds is 2. The molecule has 0 unspecified atom stereocenters. The van der Waals surface area contributed by atoms with Crippen molar-refractivity contribution in [1.82, 2.24) is 4.90 Å². The molecule has 1 aromatic heterocycles. The summed E-state index contributed by atoms with van der Waals surface area (Å²) in [7, 11) is 3.25. The van der Waals surface area contributed by atoms with Gasteiger partial charge in [-0.2, -0.15) is 0 Å². The lowest BCUT2D eigenvalue weighted by atomic mass is 10.3. The molecule has 0 bridgehead atoms. The molecule has 0 saturated heterocycles. The van der Waals surface area contributed by atoms with Crippen LogP contribution in [0, 0.1) is 0 Å². The predicted octanol–water partition coefficient (Wildman–Crippen LogP) is 1.15. The SMILES string of the molecule is CN(C)C(=O)c1csc(C(=O)O)c1. The number of amides is 1. The minimum atomic E-state index is -0.997. The maximum atomic E-state index is 11.3. The van der Waals surface area contributed by atoms with Crippen molar-refractivity contribution < 1.29 is 14.7 Å². The molecule has 0 atom stereocenters. The zero-order chi connectivity index (χ0) is 10.0. The molecule has 1 heterocycles. The van der Waals surface area contributed by atoms with E-state index in [4.69, 9.17) is 5.11 Å². The lowest BCUT2D eigenvalue weighted by Crippen LogP contribution is -2.20. The maximum Gasteiger partial charge on any atom is 0.345 e. The predicted molar refractivity (Wildman–Crippen MR) is 49.3 cm³/mol. The molecule has 0 aromatic carbocycles. The van der Waals surface area contributed by atoms with Crippen LogP contribution in [0.25, 0.3) is 0 Å². The van der Waals surface area contributed by atoms with Crippen molar-refractivity contribution in [2.75, 3.05) is 14.1 Å². The molecular formula is C8H9NO3S. The van der Waals surface area contributed by atoms with E-state index in [9.17, 15) is 9.59 Å². The Kier molecular flexibility index (Phi) is 2.67. The first-order valence-corrected chi connectivity index (χ1v) is 4.44. The third-order valence-electron chi connectivity index (χ3n) is 1.46. The molecule has 0 aliphatic carbocycles. The van der Waals surface area contributed by atoms with Crippen LogP contribution < -0.4 is 0 Å². The van der Waals surface area contributed by atoms with Gasteiger partial charge >= 0.3 is 5.97 Å². The number of aromatic carboxylic acids is 1. The van der Waals surface area contributed by atoms with Gasteiger partial charge in [0, 0.05) is 19.5 Å². The van der Waals surface area contributed by atoms with E-state index in [1.54, 1.807) is 19.5 Å². The fraction of sp³-hybridized carbons (Fsp3) is 0.250. The summed E-state index contributed by atoms with van der Waals surface area (Å²) in [4.78, 5) is 23.4. The Morgan fingerprint density at radius 2 is 2.08 bits per heavy atom. The van der Waals surface area contributed by atoms with Crippen LogP contribution in [0.3, 0.4) is 0 Å². The van der Waals surface area contributed by atoms with Crippen molar-refractivity contribution >= 4 is 23.2 Å². The second-order valence-corrected chi connectivity index (χ2v) is 3.62. The minimum Gasteiger partial charge on any atom is -0.477 e. The molecule has 1 rings (SSSR count). The summed E-state index contributed by atoms with van der Waals surface area (Å²) in [5.74, 6) is -1.17. The molecule has 0 radical (unpaired) electrons. The molecule has 1 aromatic rings. The van der Waals surface area contributed by atoms with Crippen molar-refractivity contribution in [3.63, 3.8) is 0 Å². The van der Waals surface area contributed by atoms with E-state index in [0.717, 1.165) is 11.3 Å². The Balaban J connectivity index is 2.92. The number of nitrogens with zero attached hydrogens (tertiary/aromatic N) is 1. The normalized spacial score (nSPS) is 9.69. The second kappa shape index (κ2) is 3.57. The Hall–Kier alpha value is -1.36. The highest BCUT2D eigenvalue weighted by atomic mass is 32.1. The van der Waals surface area contributed by atoms with Crippen LogP contribution in [-0.2, 0) is 0 Å². The lowest BCUT2D eigenvalue weighted by molar-refractivity contribution is 0.0702. The fourth-order valence-electron chi connectivity index (χ4n) is 0.819. The fourth-order valence-corrected chi connectivity index (χ4v) is 1.54. The van der Waals surface area contributed by atoms with Gasteiger partial charge in [0.15, 0.2) is 0 Å². The molecule has 0 spiro atoms. The molecule has 13 heavy (non-hydrogen) atoms. The van der Waals surface area contributed by atoms with Gasteiger partial charge < -0.3 is 10.0 Å². The number of carboxylic acid groups (broad SMARTS) is 1. The van der Waals surface area contributed by atoms with Crippen LogP contribution >= 0.6 is 11.3 Å². The number of hydrogen-bond acceptors (Lipinski definition) is 3. The highest BCUT2D eigenvalue weighted by molar-refractivity contribution is 7.12. The summed E-state index contributed by atoms with van der Waals surface area (Å²) < 4.78 is 0. The van der Waals surface area contributed by atoms with E-state index in [1.807, 2.05) is 0 Å². The molecule has 1 N–H and O–H groups in total. The average Bonchev–Trinajstić information content (AvgIpc) is 2.50. The van der Waals surface area contributed by atoms with Crippen LogP contribution in [0.15, 0.2) is 11.4 Å². The molecule has 0 aliphatic heterocycles. The quantitative estimate of drug-likeness (QED) is 0.777. The Morgan fingerprint density at radius 3 is 2.46 bits per heavy atom. The molecule has 1 amide bonds. The summed E-state index contributed by atoms with van der Waals surface area (Å²) in [5.41, 5.74) is 0.424. The largest absolute Gasteiger partial charge is 0.477 e. The smallest absolute Gasteiger partial charge is 0.345 e. The van der Waals surface area contributed by atoms with Crippen LogP contribution in [0.4, 0.5) is 0 Å². The van der Waals surface area contributed by atoms with Gasteiger partial charge in [-0.3, -0.25) is 4.79 Å². The highest BCUT2D eigenvalue weighted by Crippen LogP contribution is 2.15. The highest BCUT2D eigenvalue weighted by Gasteiger charge is 2.13. The first-order chi connectivity index (χ1) is 6.02. The number of hydrogen-bond donors (Lipinski definition) is 1. The van der Waals surface area contributed by atoms with Crippen molar-refractivity contribution in [2.24, 2.45) is 0 Å². The van der Waals surface area contributed by atoms with E-state index in [1.165, 1.54) is 11.0 Å². The molecule has 0 aliphatic rings. The number of carbonyl (C=O) groups is 2. The van der Waals surface area contributed by atoms with Crippen molar-refractivity contribution in [2.45, 2.75) is 0 Å². The lowest BCUT2D eigenvalue weighted by Gasteiger charge is -2.07. The molecule has 70 valence electrons. The van der Waals surface area contributed by atoms with Crippen LogP contribution in [0.2, 0.25) is 0 Å². The third-order valence-corrected chi connectivity index (χ3v) is 2.38. The third kappa shape index (κ3) is 2.06. The molecule has 4 nitrogen and oxygen atoms in total. The van der Waals surface area contributed by atoms with Crippen LogP contribution in [0.5, 0.6) is 0 Å². The van der Waals surface area contributed by atoms with Gasteiger partial charge in [0.2, 0.25) is 0 Å². The second-order valence-electron chi connectivity index (χ2n) is 2.70. The summed E-state index contributed by atoms with van der Waals surface area (Å²) in [5, 5.41) is 10.2. The van der Waals surface area contributed by atoms with Gasteiger partial charge in [-0.1, -0.05) is 0 Å². The van der Waals surface area contributed by atoms with Gasteiger partial charge in [0.05, 0.1) is 5.56 Å². The van der Waals surface area contributed by atoms with E-state index in [-0.39, 0.29) is 10.8 Å². The number of thiophene rings is 1. The number of carbonyl (C=O) groups excluding carboxylic acids is 1. The molecule has 0 saturated carbocycles. The zero-order valence-corrected chi connectivity index (χ0v) is 8.09. The first kappa shape index (κ1) is 9.73. The topological polar surface area (TPSA) is 57.6 Å². The first-order valence-electron chi connectivity index (χ1n) is 3.56. The van der Waals surface area contributed by atoms with Gasteiger partial charge in [-0.25, -0.2) is 4.79 Å². The minimum absolute atomic E-state index is 0.177. The maximum absolute atomic E-state index is 11.3. The van der Waals surface area contributed by atoms with Gasteiger partial charge in [-0.05, 0) is 6.07 Å². The molecule has 0 fully saturated rings.